The summed E-state index contributed by atoms with van der Waals surface area (Å²) in [7, 11) is 1.81. The summed E-state index contributed by atoms with van der Waals surface area (Å²) < 4.78 is 5.51. The molecule has 15 heavy (non-hydrogen) atoms. The van der Waals surface area contributed by atoms with Gasteiger partial charge in [-0.15, -0.1) is 0 Å². The topological polar surface area (TPSA) is 9.23 Å². The molecule has 1 fully saturated rings. The van der Waals surface area contributed by atoms with Crippen LogP contribution in [0.5, 0.6) is 0 Å². The summed E-state index contributed by atoms with van der Waals surface area (Å²) in [6.07, 6.45) is 7.60. The third kappa shape index (κ3) is 2.69. The maximum Gasteiger partial charge on any atom is 0.0784 e. The van der Waals surface area contributed by atoms with Gasteiger partial charge in [0.25, 0.3) is 0 Å². The van der Waals surface area contributed by atoms with E-state index in [-0.39, 0.29) is 0 Å². The summed E-state index contributed by atoms with van der Waals surface area (Å²) in [5, 5.41) is 0. The van der Waals surface area contributed by atoms with Gasteiger partial charge in [0.1, 0.15) is 0 Å². The summed E-state index contributed by atoms with van der Waals surface area (Å²) in [4.78, 5) is 0. The van der Waals surface area contributed by atoms with E-state index in [1.54, 1.807) is 0 Å². The lowest BCUT2D eigenvalue weighted by Gasteiger charge is -2.24. The molecule has 0 saturated heterocycles. The first-order chi connectivity index (χ1) is 7.40. The van der Waals surface area contributed by atoms with Gasteiger partial charge < -0.3 is 4.74 Å². The molecule has 80 valence electrons. The second kappa shape index (κ2) is 5.13. The Bertz CT molecular complexity index is 326. The average Bonchev–Trinajstić information content (AvgIpc) is 2.31. The highest BCUT2D eigenvalue weighted by Crippen LogP contribution is 2.27. The van der Waals surface area contributed by atoms with E-state index >= 15 is 0 Å². The lowest BCUT2D eigenvalue weighted by molar-refractivity contribution is 0.110. The minimum atomic E-state index is 0.346. The second-order valence-corrected chi connectivity index (χ2v) is 4.10. The molecule has 1 aliphatic rings. The van der Waals surface area contributed by atoms with Crippen molar-refractivity contribution >= 4 is 6.08 Å². The molecule has 1 aliphatic carbocycles. The van der Waals surface area contributed by atoms with Crippen LogP contribution in [-0.4, -0.2) is 13.2 Å². The Morgan fingerprint density at radius 3 is 2.73 bits per heavy atom. The first-order valence-electron chi connectivity index (χ1n) is 5.68. The van der Waals surface area contributed by atoms with E-state index < -0.39 is 0 Å². The molecule has 0 amide bonds. The molecule has 0 heterocycles. The Morgan fingerprint density at radius 2 is 2.00 bits per heavy atom. The van der Waals surface area contributed by atoms with Gasteiger partial charge >= 0.3 is 0 Å². The minimum absolute atomic E-state index is 0.346. The maximum atomic E-state index is 5.51. The number of benzene rings is 1. The summed E-state index contributed by atoms with van der Waals surface area (Å²) in [5.74, 6) is 0. The van der Waals surface area contributed by atoms with Crippen LogP contribution >= 0.6 is 0 Å². The van der Waals surface area contributed by atoms with Crippen LogP contribution in [0, 0.1) is 0 Å². The second-order valence-electron chi connectivity index (χ2n) is 4.10. The van der Waals surface area contributed by atoms with Gasteiger partial charge in [-0.05, 0) is 30.4 Å². The lowest BCUT2D eigenvalue weighted by Crippen LogP contribution is -2.17. The van der Waals surface area contributed by atoms with Crippen LogP contribution in [0.4, 0.5) is 0 Å². The van der Waals surface area contributed by atoms with Gasteiger partial charge in [0.05, 0.1) is 6.10 Å². The van der Waals surface area contributed by atoms with Crippen molar-refractivity contribution in [2.24, 2.45) is 0 Å². The highest BCUT2D eigenvalue weighted by atomic mass is 16.5. The molecule has 1 aromatic rings. The van der Waals surface area contributed by atoms with Crippen LogP contribution in [-0.2, 0) is 4.74 Å². The van der Waals surface area contributed by atoms with Crippen LogP contribution in [0.2, 0.25) is 0 Å². The molecule has 0 aromatic heterocycles. The fraction of sp³-hybridized carbons (Fsp3) is 0.429. The zero-order valence-corrected chi connectivity index (χ0v) is 9.28. The highest BCUT2D eigenvalue weighted by Gasteiger charge is 2.17. The third-order valence-electron chi connectivity index (χ3n) is 3.03. The van der Waals surface area contributed by atoms with E-state index in [4.69, 9.17) is 4.74 Å². The van der Waals surface area contributed by atoms with Crippen LogP contribution in [0.15, 0.2) is 35.9 Å². The Hall–Kier alpha value is -1.08. The van der Waals surface area contributed by atoms with Gasteiger partial charge in [-0.2, -0.15) is 0 Å². The highest BCUT2D eigenvalue weighted by molar-refractivity contribution is 5.53. The number of hydrogen-bond acceptors (Lipinski definition) is 1. The van der Waals surface area contributed by atoms with Crippen molar-refractivity contribution in [3.63, 3.8) is 0 Å². The predicted octanol–water partition coefficient (Wildman–Crippen LogP) is 3.66. The van der Waals surface area contributed by atoms with Crippen molar-refractivity contribution in [2.75, 3.05) is 7.11 Å². The van der Waals surface area contributed by atoms with E-state index in [0.717, 1.165) is 0 Å². The van der Waals surface area contributed by atoms with Crippen molar-refractivity contribution in [1.82, 2.24) is 0 Å². The molecule has 1 atom stereocenters. The number of methoxy groups -OCH3 is 1. The zero-order chi connectivity index (χ0) is 10.5. The molecule has 0 N–H and O–H groups in total. The summed E-state index contributed by atoms with van der Waals surface area (Å²) in [6, 6.07) is 10.5. The van der Waals surface area contributed by atoms with Crippen LogP contribution in [0.25, 0.3) is 6.08 Å². The monoisotopic (exact) mass is 202 g/mol. The molecule has 1 aromatic carbocycles. The van der Waals surface area contributed by atoms with Crippen LogP contribution < -0.4 is 0 Å². The molecule has 0 bridgehead atoms. The van der Waals surface area contributed by atoms with Gasteiger partial charge in [-0.1, -0.05) is 42.8 Å². The van der Waals surface area contributed by atoms with Crippen molar-refractivity contribution in [3.05, 3.63) is 41.5 Å². The first-order valence-corrected chi connectivity index (χ1v) is 5.68. The fourth-order valence-electron chi connectivity index (χ4n) is 2.20. The molecule has 1 nitrogen and oxygen atoms in total. The third-order valence-corrected chi connectivity index (χ3v) is 3.03. The number of rotatable bonds is 2. The van der Waals surface area contributed by atoms with Gasteiger partial charge in [0, 0.05) is 7.11 Å². The van der Waals surface area contributed by atoms with Crippen LogP contribution in [0.1, 0.15) is 31.2 Å². The predicted molar refractivity (Wildman–Crippen MR) is 63.7 cm³/mol. The minimum Gasteiger partial charge on any atom is -0.377 e. The Kier molecular flexibility index (Phi) is 3.57. The van der Waals surface area contributed by atoms with E-state index in [0.29, 0.717) is 6.10 Å². The van der Waals surface area contributed by atoms with Crippen molar-refractivity contribution in [3.8, 4) is 0 Å². The Balaban J connectivity index is 2.17. The molecule has 0 aliphatic heterocycles. The molecule has 1 saturated carbocycles. The normalized spacial score (nSPS) is 24.3. The van der Waals surface area contributed by atoms with Gasteiger partial charge in [0.15, 0.2) is 0 Å². The van der Waals surface area contributed by atoms with E-state index in [1.165, 1.54) is 36.8 Å². The summed E-state index contributed by atoms with van der Waals surface area (Å²) in [5.41, 5.74) is 2.74. The molecule has 2 rings (SSSR count). The quantitative estimate of drug-likeness (QED) is 0.711. The summed E-state index contributed by atoms with van der Waals surface area (Å²) in [6.45, 7) is 0. The van der Waals surface area contributed by atoms with Crippen molar-refractivity contribution < 1.29 is 4.74 Å². The van der Waals surface area contributed by atoms with E-state index in [1.807, 2.05) is 7.11 Å². The van der Waals surface area contributed by atoms with Crippen LogP contribution in [0.3, 0.4) is 0 Å². The Labute approximate surface area is 91.8 Å². The zero-order valence-electron chi connectivity index (χ0n) is 9.28. The maximum absolute atomic E-state index is 5.51. The molecule has 1 unspecified atom stereocenters. The van der Waals surface area contributed by atoms with Crippen molar-refractivity contribution in [1.29, 1.82) is 0 Å². The molecule has 1 heteroatoms. The van der Waals surface area contributed by atoms with Gasteiger partial charge in [0.2, 0.25) is 0 Å². The molecular formula is C14H18O. The standard InChI is InChI=1S/C14H18O/c1-15-14-10-6-5-9-13(14)11-12-7-3-2-4-8-12/h2-4,7-8,11,14H,5-6,9-10H2,1H3/b13-11-. The van der Waals surface area contributed by atoms with Gasteiger partial charge in [-0.25, -0.2) is 0 Å². The number of ether oxygens (including phenoxy) is 1. The number of hydrogen-bond donors (Lipinski definition) is 0. The van der Waals surface area contributed by atoms with Gasteiger partial charge in [-0.3, -0.25) is 0 Å². The fourth-order valence-corrected chi connectivity index (χ4v) is 2.20. The average molecular weight is 202 g/mol. The summed E-state index contributed by atoms with van der Waals surface area (Å²) >= 11 is 0. The molecular weight excluding hydrogens is 184 g/mol. The van der Waals surface area contributed by atoms with E-state index in [9.17, 15) is 0 Å². The SMILES string of the molecule is COC1CCCC/C1=C/c1ccccc1. The largest absolute Gasteiger partial charge is 0.377 e. The smallest absolute Gasteiger partial charge is 0.0784 e. The lowest BCUT2D eigenvalue weighted by atomic mass is 9.90. The van der Waals surface area contributed by atoms with E-state index in [2.05, 4.69) is 36.4 Å². The Morgan fingerprint density at radius 1 is 1.20 bits per heavy atom. The van der Waals surface area contributed by atoms with Crippen molar-refractivity contribution in [2.45, 2.75) is 31.8 Å². The molecule has 0 radical (unpaired) electrons. The molecule has 0 spiro atoms. The first kappa shape index (κ1) is 10.4.